The molecule has 1 atom stereocenters. The number of aromatic nitrogens is 2. The van der Waals surface area contributed by atoms with E-state index in [0.717, 1.165) is 5.69 Å². The Morgan fingerprint density at radius 1 is 1.23 bits per heavy atom. The van der Waals surface area contributed by atoms with Crippen molar-refractivity contribution < 1.29 is 33.9 Å². The molecule has 1 aromatic carbocycles. The molecule has 2 aromatic rings. The van der Waals surface area contributed by atoms with Gasteiger partial charge in [-0.2, -0.15) is 0 Å². The molecule has 0 radical (unpaired) electrons. The molecule has 3 amide bonds. The van der Waals surface area contributed by atoms with Crippen molar-refractivity contribution in [1.82, 2.24) is 20.2 Å². The van der Waals surface area contributed by atoms with E-state index < -0.39 is 38.4 Å². The molecule has 1 unspecified atom stereocenters. The van der Waals surface area contributed by atoms with Gasteiger partial charge in [-0.05, 0) is 0 Å². The second-order valence-electron chi connectivity index (χ2n) is 6.22. The zero-order valence-corrected chi connectivity index (χ0v) is 18.1. The average molecular weight is 478 g/mol. The average Bonchev–Trinajstić information content (AvgIpc) is 3.26. The topological polar surface area (TPSA) is 140 Å². The summed E-state index contributed by atoms with van der Waals surface area (Å²) < 4.78 is 7.42. The Bertz CT molecular complexity index is 975. The Morgan fingerprint density at radius 2 is 1.97 bits per heavy atom. The molecule has 0 aliphatic carbocycles. The van der Waals surface area contributed by atoms with Crippen LogP contribution in [-0.2, 0) is 21.5 Å². The third kappa shape index (κ3) is 5.18. The monoisotopic (exact) mass is 478 g/mol. The van der Waals surface area contributed by atoms with Crippen LogP contribution in [0.5, 0.6) is 5.75 Å². The Kier molecular flexibility index (Phi) is 6.73. The molecule has 0 spiro atoms. The van der Waals surface area contributed by atoms with E-state index in [4.69, 9.17) is 14.7 Å². The number of carbonyl (C=O) groups excluding carboxylic acids is 3. The van der Waals surface area contributed by atoms with Gasteiger partial charge in [0.25, 0.3) is 0 Å². The number of rotatable bonds is 8. The van der Waals surface area contributed by atoms with Crippen molar-refractivity contribution in [2.75, 3.05) is 13.2 Å². The standard InChI is InChI=1S/C18H19AsN4O7/c1-22-13(6-7-21-22)12-10-11(2-3-14(12)29-9-8-20-18(27)28)19-17(26)30-23-15(24)4-5-16(23)25/h2-3,6-7,10,19-20H,4-5,8-9H2,1H3,(H,27,28). The molecule has 1 aliphatic rings. The van der Waals surface area contributed by atoms with E-state index >= 15 is 0 Å². The van der Waals surface area contributed by atoms with Gasteiger partial charge in [0.15, 0.2) is 0 Å². The van der Waals surface area contributed by atoms with Crippen LogP contribution in [0.1, 0.15) is 12.8 Å². The molecule has 12 heteroatoms. The fourth-order valence-electron chi connectivity index (χ4n) is 2.77. The second-order valence-corrected chi connectivity index (χ2v) is 8.81. The first-order valence-electron chi connectivity index (χ1n) is 8.92. The Labute approximate surface area is 177 Å². The van der Waals surface area contributed by atoms with E-state index in [1.54, 1.807) is 42.2 Å². The van der Waals surface area contributed by atoms with E-state index in [1.807, 2.05) is 0 Å². The number of benzene rings is 1. The van der Waals surface area contributed by atoms with E-state index in [0.29, 0.717) is 20.7 Å². The third-order valence-electron chi connectivity index (χ3n) is 4.14. The number of carboxylic acid groups (broad SMARTS) is 1. The summed E-state index contributed by atoms with van der Waals surface area (Å²) in [5.74, 6) is -0.539. The molecule has 1 saturated heterocycles. The van der Waals surface area contributed by atoms with Crippen LogP contribution in [0.2, 0.25) is 0 Å². The normalized spacial score (nSPS) is 13.8. The zero-order chi connectivity index (χ0) is 21.7. The fourth-order valence-corrected chi connectivity index (χ4v) is 4.36. The number of hydrogen-bond donors (Lipinski definition) is 2. The van der Waals surface area contributed by atoms with Crippen LogP contribution in [0.15, 0.2) is 30.5 Å². The predicted molar refractivity (Wildman–Crippen MR) is 105 cm³/mol. The van der Waals surface area contributed by atoms with Gasteiger partial charge in [-0.15, -0.1) is 0 Å². The molecule has 3 rings (SSSR count). The van der Waals surface area contributed by atoms with Crippen LogP contribution in [0.25, 0.3) is 11.3 Å². The first kappa shape index (κ1) is 21.4. The molecule has 0 saturated carbocycles. The van der Waals surface area contributed by atoms with Crippen LogP contribution < -0.4 is 14.4 Å². The Balaban J connectivity index is 1.75. The van der Waals surface area contributed by atoms with Gasteiger partial charge in [0.1, 0.15) is 0 Å². The summed E-state index contributed by atoms with van der Waals surface area (Å²) in [7, 11) is 1.76. The summed E-state index contributed by atoms with van der Waals surface area (Å²) in [5.41, 5.74) is 1.41. The Morgan fingerprint density at radius 3 is 2.60 bits per heavy atom. The SMILES string of the molecule is Cn1nccc1-c1cc([AsH]C(=O)ON2C(=O)CCC2=O)ccc1OCCNC(=O)O. The molecule has 158 valence electrons. The van der Waals surface area contributed by atoms with Crippen LogP contribution in [0.4, 0.5) is 9.59 Å². The summed E-state index contributed by atoms with van der Waals surface area (Å²) in [4.78, 5) is 51.0. The first-order valence-corrected chi connectivity index (χ1v) is 11.0. The molecule has 2 heterocycles. The van der Waals surface area contributed by atoms with Crippen molar-refractivity contribution in [2.45, 2.75) is 12.8 Å². The van der Waals surface area contributed by atoms with Gasteiger partial charge in [0, 0.05) is 0 Å². The van der Waals surface area contributed by atoms with E-state index in [2.05, 4.69) is 10.4 Å². The predicted octanol–water partition coefficient (Wildman–Crippen LogP) is -0.00410. The summed E-state index contributed by atoms with van der Waals surface area (Å²) in [6.07, 6.45) is 0.561. The number of imide groups is 1. The molecule has 1 aliphatic heterocycles. The molecule has 2 N–H and O–H groups in total. The zero-order valence-electron chi connectivity index (χ0n) is 16.0. The van der Waals surface area contributed by atoms with Gasteiger partial charge in [0.2, 0.25) is 0 Å². The number of aryl methyl sites for hydroxylation is 1. The van der Waals surface area contributed by atoms with Crippen molar-refractivity contribution >= 4 is 42.8 Å². The maximum atomic E-state index is 12.3. The van der Waals surface area contributed by atoms with Crippen molar-refractivity contribution in [2.24, 2.45) is 7.05 Å². The number of amides is 3. The van der Waals surface area contributed by atoms with Crippen LogP contribution >= 0.6 is 0 Å². The molecular formula is C18H19AsN4O7. The van der Waals surface area contributed by atoms with Crippen molar-refractivity contribution in [3.63, 3.8) is 0 Å². The van der Waals surface area contributed by atoms with Crippen molar-refractivity contribution in [1.29, 1.82) is 0 Å². The number of nitrogens with zero attached hydrogens (tertiary/aromatic N) is 3. The fraction of sp³-hybridized carbons (Fsp3) is 0.278. The molecule has 0 bridgehead atoms. The number of carbonyl (C=O) groups is 4. The molecule has 30 heavy (non-hydrogen) atoms. The molecule has 1 fully saturated rings. The van der Waals surface area contributed by atoms with Gasteiger partial charge in [-0.25, -0.2) is 0 Å². The minimum atomic E-state index is -1.48. The van der Waals surface area contributed by atoms with Crippen LogP contribution in [0.3, 0.4) is 0 Å². The van der Waals surface area contributed by atoms with E-state index in [9.17, 15) is 19.2 Å². The number of nitrogens with one attached hydrogen (secondary N) is 1. The van der Waals surface area contributed by atoms with Crippen LogP contribution in [-0.4, -0.2) is 71.5 Å². The summed E-state index contributed by atoms with van der Waals surface area (Å²) in [5, 5.41) is 15.5. The first-order chi connectivity index (χ1) is 14.3. The van der Waals surface area contributed by atoms with Crippen molar-refractivity contribution in [3.05, 3.63) is 30.5 Å². The third-order valence-corrected chi connectivity index (χ3v) is 6.02. The molecule has 11 nitrogen and oxygen atoms in total. The second kappa shape index (κ2) is 9.44. The van der Waals surface area contributed by atoms with Crippen LogP contribution in [0, 0.1) is 0 Å². The minimum absolute atomic E-state index is 0.0412. The summed E-state index contributed by atoms with van der Waals surface area (Å²) in [6.45, 7) is 0.230. The number of hydrogen-bond acceptors (Lipinski definition) is 7. The van der Waals surface area contributed by atoms with Gasteiger partial charge in [-0.3, -0.25) is 0 Å². The van der Waals surface area contributed by atoms with Crippen molar-refractivity contribution in [3.8, 4) is 17.0 Å². The molecular weight excluding hydrogens is 459 g/mol. The maximum absolute atomic E-state index is 12.3. The number of hydroxylamine groups is 2. The van der Waals surface area contributed by atoms with Gasteiger partial charge in [-0.1, -0.05) is 0 Å². The quantitative estimate of drug-likeness (QED) is 0.307. The Hall–Kier alpha value is -3.33. The van der Waals surface area contributed by atoms with Gasteiger partial charge in [0.05, 0.1) is 0 Å². The molecule has 1 aromatic heterocycles. The van der Waals surface area contributed by atoms with E-state index in [1.165, 1.54) is 0 Å². The summed E-state index contributed by atoms with van der Waals surface area (Å²) in [6, 6.07) is 6.93. The number of ether oxygens (including phenoxy) is 1. The van der Waals surface area contributed by atoms with E-state index in [-0.39, 0.29) is 26.0 Å². The van der Waals surface area contributed by atoms with Gasteiger partial charge < -0.3 is 0 Å². The summed E-state index contributed by atoms with van der Waals surface area (Å²) >= 11 is -1.48. The van der Waals surface area contributed by atoms with Gasteiger partial charge >= 0.3 is 177 Å².